The van der Waals surface area contributed by atoms with Crippen LogP contribution >= 0.6 is 12.4 Å². The Morgan fingerprint density at radius 1 is 1.35 bits per heavy atom. The van der Waals surface area contributed by atoms with Crippen LogP contribution in [0.15, 0.2) is 0 Å². The van der Waals surface area contributed by atoms with Crippen LogP contribution in [0.5, 0.6) is 0 Å². The van der Waals surface area contributed by atoms with E-state index in [4.69, 9.17) is 4.74 Å². The maximum Gasteiger partial charge on any atom is 0.253 e. The highest BCUT2D eigenvalue weighted by Crippen LogP contribution is 2.23. The molecule has 6 nitrogen and oxygen atoms in total. The van der Waals surface area contributed by atoms with Gasteiger partial charge in [0.25, 0.3) is 5.91 Å². The molecule has 134 valence electrons. The molecule has 2 rings (SSSR count). The molecule has 0 aromatic rings. The van der Waals surface area contributed by atoms with Gasteiger partial charge < -0.3 is 20.3 Å². The number of carbonyl (C=O) groups is 2. The number of nitrogens with zero attached hydrogens (tertiary/aromatic N) is 1. The van der Waals surface area contributed by atoms with E-state index < -0.39 is 6.10 Å². The maximum absolute atomic E-state index is 12.6. The molecular weight excluding hydrogens is 318 g/mol. The van der Waals surface area contributed by atoms with Crippen molar-refractivity contribution in [2.24, 2.45) is 5.92 Å². The minimum Gasteiger partial charge on any atom is -0.366 e. The number of rotatable bonds is 5. The lowest BCUT2D eigenvalue weighted by atomic mass is 9.92. The van der Waals surface area contributed by atoms with Crippen LogP contribution in [-0.4, -0.2) is 61.6 Å². The van der Waals surface area contributed by atoms with Crippen LogP contribution in [0.3, 0.4) is 0 Å². The van der Waals surface area contributed by atoms with Crippen molar-refractivity contribution in [3.05, 3.63) is 0 Å². The molecule has 2 aliphatic heterocycles. The average Bonchev–Trinajstić information content (AvgIpc) is 2.55. The molecule has 2 fully saturated rings. The van der Waals surface area contributed by atoms with Gasteiger partial charge in [0, 0.05) is 32.2 Å². The van der Waals surface area contributed by atoms with E-state index in [9.17, 15) is 9.59 Å². The number of hydrogen-bond donors (Lipinski definition) is 2. The summed E-state index contributed by atoms with van der Waals surface area (Å²) < 4.78 is 5.56. The number of ether oxygens (including phenoxy) is 1. The molecule has 2 amide bonds. The second-order valence-corrected chi connectivity index (χ2v) is 6.32. The zero-order chi connectivity index (χ0) is 15.9. The van der Waals surface area contributed by atoms with Crippen molar-refractivity contribution in [2.45, 2.75) is 51.7 Å². The number of carbonyl (C=O) groups excluding carboxylic acids is 2. The first-order chi connectivity index (χ1) is 10.6. The molecule has 0 aromatic carbocycles. The number of piperidine rings is 1. The summed E-state index contributed by atoms with van der Waals surface area (Å²) in [5.41, 5.74) is 0. The fourth-order valence-corrected chi connectivity index (χ4v) is 3.07. The zero-order valence-electron chi connectivity index (χ0n) is 14.2. The van der Waals surface area contributed by atoms with Gasteiger partial charge in [0.15, 0.2) is 0 Å². The second kappa shape index (κ2) is 10.1. The van der Waals surface area contributed by atoms with Gasteiger partial charge in [0.2, 0.25) is 5.91 Å². The lowest BCUT2D eigenvalue weighted by Gasteiger charge is -2.39. The van der Waals surface area contributed by atoms with Gasteiger partial charge in [-0.2, -0.15) is 0 Å². The van der Waals surface area contributed by atoms with Gasteiger partial charge >= 0.3 is 0 Å². The molecule has 2 saturated heterocycles. The van der Waals surface area contributed by atoms with Gasteiger partial charge in [-0.15, -0.1) is 12.4 Å². The molecule has 3 atom stereocenters. The molecule has 2 heterocycles. The van der Waals surface area contributed by atoms with Gasteiger partial charge in [-0.25, -0.2) is 0 Å². The number of hydrogen-bond acceptors (Lipinski definition) is 4. The van der Waals surface area contributed by atoms with Crippen molar-refractivity contribution in [2.75, 3.05) is 32.8 Å². The Morgan fingerprint density at radius 3 is 2.78 bits per heavy atom. The Balaban J connectivity index is 0.00000264. The Hall–Kier alpha value is -0.850. The summed E-state index contributed by atoms with van der Waals surface area (Å²) in [5.74, 6) is 0.0140. The third-order valence-corrected chi connectivity index (χ3v) is 4.57. The second-order valence-electron chi connectivity index (χ2n) is 6.32. The first-order valence-corrected chi connectivity index (χ1v) is 8.54. The Labute approximate surface area is 145 Å². The van der Waals surface area contributed by atoms with Crippen molar-refractivity contribution in [1.82, 2.24) is 15.5 Å². The van der Waals surface area contributed by atoms with Crippen molar-refractivity contribution in [1.29, 1.82) is 0 Å². The van der Waals surface area contributed by atoms with E-state index in [1.54, 1.807) is 0 Å². The van der Waals surface area contributed by atoms with Crippen LogP contribution in [0.25, 0.3) is 0 Å². The van der Waals surface area contributed by atoms with Gasteiger partial charge in [-0.3, -0.25) is 9.59 Å². The van der Waals surface area contributed by atoms with Crippen molar-refractivity contribution in [3.8, 4) is 0 Å². The van der Waals surface area contributed by atoms with Crippen LogP contribution in [-0.2, 0) is 14.3 Å². The monoisotopic (exact) mass is 347 g/mol. The van der Waals surface area contributed by atoms with E-state index >= 15 is 0 Å². The summed E-state index contributed by atoms with van der Waals surface area (Å²) in [6, 6.07) is 0.178. The molecule has 2 N–H and O–H groups in total. The van der Waals surface area contributed by atoms with Gasteiger partial charge in [-0.1, -0.05) is 13.3 Å². The quantitative estimate of drug-likeness (QED) is 0.726. The topological polar surface area (TPSA) is 70.7 Å². The van der Waals surface area contributed by atoms with Crippen LogP contribution < -0.4 is 10.6 Å². The minimum atomic E-state index is -0.405. The Kier molecular flexibility index (Phi) is 8.87. The molecule has 7 heteroatoms. The molecule has 0 aromatic heterocycles. The van der Waals surface area contributed by atoms with Crippen LogP contribution in [0.2, 0.25) is 0 Å². The first-order valence-electron chi connectivity index (χ1n) is 8.54. The lowest BCUT2D eigenvalue weighted by Crippen LogP contribution is -2.55. The molecular formula is C16H30ClN3O3. The smallest absolute Gasteiger partial charge is 0.253 e. The lowest BCUT2D eigenvalue weighted by molar-refractivity contribution is -0.150. The minimum absolute atomic E-state index is 0. The van der Waals surface area contributed by atoms with E-state index in [0.29, 0.717) is 19.7 Å². The summed E-state index contributed by atoms with van der Waals surface area (Å²) in [6.07, 6.45) is 3.39. The zero-order valence-corrected chi connectivity index (χ0v) is 15.0. The fraction of sp³-hybridized carbons (Fsp3) is 0.875. The number of likely N-dealkylation sites (tertiary alicyclic amines) is 1. The standard InChI is InChI=1S/C16H29N3O3.ClH/c1-3-4-7-18-15(20)13-6-5-12(2)19(11-13)16(21)14-10-17-8-9-22-14;/h12-14,17H,3-11H2,1-2H3,(H,18,20);1H. The van der Waals surface area contributed by atoms with Crippen LogP contribution in [0.1, 0.15) is 39.5 Å². The third-order valence-electron chi connectivity index (χ3n) is 4.57. The summed E-state index contributed by atoms with van der Waals surface area (Å²) in [5, 5.41) is 6.17. The normalized spacial score (nSPS) is 27.9. The highest BCUT2D eigenvalue weighted by molar-refractivity contribution is 5.85. The molecule has 0 saturated carbocycles. The SMILES string of the molecule is CCCCNC(=O)C1CCC(C)N(C(=O)C2CNCCO2)C1.Cl. The average molecular weight is 348 g/mol. The first kappa shape index (κ1) is 20.2. The number of amides is 2. The predicted octanol–water partition coefficient (Wildman–Crippen LogP) is 0.940. The summed E-state index contributed by atoms with van der Waals surface area (Å²) in [4.78, 5) is 26.7. The van der Waals surface area contributed by atoms with Gasteiger partial charge in [0.05, 0.1) is 12.5 Å². The summed E-state index contributed by atoms with van der Waals surface area (Å²) in [7, 11) is 0. The van der Waals surface area contributed by atoms with E-state index in [0.717, 1.165) is 38.8 Å². The summed E-state index contributed by atoms with van der Waals surface area (Å²) >= 11 is 0. The molecule has 0 radical (unpaired) electrons. The molecule has 3 unspecified atom stereocenters. The molecule has 2 aliphatic rings. The summed E-state index contributed by atoms with van der Waals surface area (Å²) in [6.45, 7) is 7.33. The van der Waals surface area contributed by atoms with Crippen LogP contribution in [0.4, 0.5) is 0 Å². The van der Waals surface area contributed by atoms with Crippen molar-refractivity contribution in [3.63, 3.8) is 0 Å². The number of nitrogens with one attached hydrogen (secondary N) is 2. The third kappa shape index (κ3) is 5.62. The highest BCUT2D eigenvalue weighted by Gasteiger charge is 2.36. The predicted molar refractivity (Wildman–Crippen MR) is 91.7 cm³/mol. The number of unbranched alkanes of at least 4 members (excludes halogenated alkanes) is 1. The van der Waals surface area contributed by atoms with E-state index in [-0.39, 0.29) is 36.2 Å². The molecule has 23 heavy (non-hydrogen) atoms. The van der Waals surface area contributed by atoms with E-state index in [1.807, 2.05) is 4.90 Å². The fourth-order valence-electron chi connectivity index (χ4n) is 3.07. The highest BCUT2D eigenvalue weighted by atomic mass is 35.5. The van der Waals surface area contributed by atoms with Crippen LogP contribution in [0, 0.1) is 5.92 Å². The Morgan fingerprint density at radius 2 is 2.13 bits per heavy atom. The van der Waals surface area contributed by atoms with Gasteiger partial charge in [0.1, 0.15) is 6.10 Å². The molecule has 0 spiro atoms. The largest absolute Gasteiger partial charge is 0.366 e. The number of halogens is 1. The maximum atomic E-state index is 12.6. The van der Waals surface area contributed by atoms with Gasteiger partial charge in [-0.05, 0) is 26.2 Å². The Bertz CT molecular complexity index is 389. The number of morpholine rings is 1. The molecule has 0 bridgehead atoms. The van der Waals surface area contributed by atoms with E-state index in [2.05, 4.69) is 24.5 Å². The van der Waals surface area contributed by atoms with Crippen molar-refractivity contribution < 1.29 is 14.3 Å². The van der Waals surface area contributed by atoms with Crippen molar-refractivity contribution >= 4 is 24.2 Å². The van der Waals surface area contributed by atoms with E-state index in [1.165, 1.54) is 0 Å². The molecule has 0 aliphatic carbocycles.